The van der Waals surface area contributed by atoms with Crippen molar-refractivity contribution in [3.05, 3.63) is 109 Å². The third-order valence-corrected chi connectivity index (χ3v) is 15.1. The van der Waals surface area contributed by atoms with Gasteiger partial charge in [-0.25, -0.2) is 0 Å². The predicted molar refractivity (Wildman–Crippen MR) is 357 cm³/mol. The molecule has 0 heterocycles. The highest BCUT2D eigenvalue weighted by molar-refractivity contribution is 5.72. The minimum absolute atomic E-state index is 0.117. The van der Waals surface area contributed by atoms with Crippen LogP contribution in [0, 0.1) is 0 Å². The third-order valence-electron chi connectivity index (χ3n) is 15.1. The molecule has 0 radical (unpaired) electrons. The second-order valence-corrected chi connectivity index (χ2v) is 23.1. The lowest BCUT2D eigenvalue weighted by Crippen LogP contribution is -2.30. The molecular formula is C76H130O6. The second-order valence-electron chi connectivity index (χ2n) is 23.1. The van der Waals surface area contributed by atoms with Gasteiger partial charge in [0, 0.05) is 12.8 Å². The van der Waals surface area contributed by atoms with Gasteiger partial charge < -0.3 is 14.2 Å². The molecule has 0 N–H and O–H groups in total. The topological polar surface area (TPSA) is 78.9 Å². The first-order valence-electron chi connectivity index (χ1n) is 34.9. The lowest BCUT2D eigenvalue weighted by molar-refractivity contribution is -0.166. The van der Waals surface area contributed by atoms with Crippen LogP contribution < -0.4 is 0 Å². The average molecular weight is 1140 g/mol. The maximum Gasteiger partial charge on any atom is 0.309 e. The highest BCUT2D eigenvalue weighted by atomic mass is 16.6. The quantitative estimate of drug-likeness (QED) is 0.0261. The van der Waals surface area contributed by atoms with Crippen LogP contribution in [0.15, 0.2) is 109 Å². The molecule has 6 nitrogen and oxygen atoms in total. The zero-order valence-electron chi connectivity index (χ0n) is 54.0. The summed E-state index contributed by atoms with van der Waals surface area (Å²) in [6, 6.07) is 0. The number of rotatable bonds is 63. The molecule has 0 amide bonds. The predicted octanol–water partition coefficient (Wildman–Crippen LogP) is 24.2. The van der Waals surface area contributed by atoms with Gasteiger partial charge in [-0.2, -0.15) is 0 Å². The number of carbonyl (C=O) groups is 3. The molecule has 0 bridgehead atoms. The smallest absolute Gasteiger partial charge is 0.309 e. The van der Waals surface area contributed by atoms with Gasteiger partial charge in [0.2, 0.25) is 0 Å². The molecule has 0 aliphatic heterocycles. The number of hydrogen-bond acceptors (Lipinski definition) is 6. The van der Waals surface area contributed by atoms with E-state index in [0.29, 0.717) is 6.42 Å². The lowest BCUT2D eigenvalue weighted by Gasteiger charge is -2.18. The van der Waals surface area contributed by atoms with Crippen LogP contribution in [0.5, 0.6) is 0 Å². The summed E-state index contributed by atoms with van der Waals surface area (Å²) in [5.74, 6) is -1.07. The van der Waals surface area contributed by atoms with Crippen molar-refractivity contribution < 1.29 is 28.6 Å². The van der Waals surface area contributed by atoms with E-state index >= 15 is 0 Å². The van der Waals surface area contributed by atoms with Crippen molar-refractivity contribution in [2.24, 2.45) is 0 Å². The highest BCUT2D eigenvalue weighted by Crippen LogP contribution is 2.18. The molecule has 82 heavy (non-hydrogen) atoms. The summed E-state index contributed by atoms with van der Waals surface area (Å²) < 4.78 is 16.8. The molecule has 0 aromatic carbocycles. The van der Waals surface area contributed by atoms with E-state index in [4.69, 9.17) is 14.2 Å². The van der Waals surface area contributed by atoms with Crippen LogP contribution in [0.3, 0.4) is 0 Å². The molecule has 0 spiro atoms. The van der Waals surface area contributed by atoms with E-state index in [2.05, 4.69) is 118 Å². The van der Waals surface area contributed by atoms with Crippen molar-refractivity contribution in [2.45, 2.75) is 341 Å². The maximum absolute atomic E-state index is 12.9. The first-order valence-corrected chi connectivity index (χ1v) is 34.9. The van der Waals surface area contributed by atoms with E-state index < -0.39 is 12.1 Å². The fourth-order valence-corrected chi connectivity index (χ4v) is 9.92. The first-order chi connectivity index (χ1) is 40.5. The summed E-state index contributed by atoms with van der Waals surface area (Å²) in [5, 5.41) is 0. The van der Waals surface area contributed by atoms with Crippen LogP contribution in [0.4, 0.5) is 0 Å². The molecule has 0 fully saturated rings. The number of carbonyl (C=O) groups excluding carboxylic acids is 3. The van der Waals surface area contributed by atoms with Gasteiger partial charge in [-0.1, -0.05) is 342 Å². The fourth-order valence-electron chi connectivity index (χ4n) is 9.92. The van der Waals surface area contributed by atoms with Crippen LogP contribution in [-0.4, -0.2) is 37.2 Å². The van der Waals surface area contributed by atoms with Gasteiger partial charge in [0.05, 0.1) is 6.42 Å². The standard InChI is InChI=1S/C76H130O6/c1-4-7-10-13-16-19-22-25-28-30-31-32-33-34-35-36-37-38-39-40-41-42-43-44-46-48-51-54-57-60-63-66-69-75(78)81-72-73(71-80-74(77)68-65-62-59-56-53-50-47-27-24-21-18-15-12-9-6-3)82-76(79)70-67-64-61-58-55-52-49-45-29-26-23-20-17-14-11-8-5-2/h8-9,11-12,17-18,20-21,26-27,29,47,49,52-53,56,62,65,73H,4-7,10,13-16,19,22-25,28,30-46,48,50-51,54-55,57-61,63-64,66-72H2,1-3H3/b11-8-,12-9-,20-17-,21-18-,29-26-,47-27-,52-49-,56-53-,65-62-. The molecule has 6 heteroatoms. The van der Waals surface area contributed by atoms with Crippen molar-refractivity contribution in [3.63, 3.8) is 0 Å². The second kappa shape index (κ2) is 69.6. The Morgan fingerprint density at radius 1 is 0.268 bits per heavy atom. The summed E-state index contributed by atoms with van der Waals surface area (Å²) in [6.07, 6.45) is 96.0. The monoisotopic (exact) mass is 1140 g/mol. The SMILES string of the molecule is CC/C=C\C/C=C\C/C=C\C/C=C\C/C=C\CC(=O)OCC(COC(=O)CCCCCCCCCCCCCCCCCCCCCCCCCCCCCCCCCC)OC(=O)CCCCCC/C=C\C/C=C\C/C=C\C/C=C\CC. The Morgan fingerprint density at radius 3 is 0.854 bits per heavy atom. The zero-order valence-corrected chi connectivity index (χ0v) is 54.0. The van der Waals surface area contributed by atoms with E-state index in [1.807, 2.05) is 6.08 Å². The number of unbranched alkanes of at least 4 members (excludes halogenated alkanes) is 35. The Bertz CT molecular complexity index is 1640. The zero-order chi connectivity index (χ0) is 59.2. The Hall–Kier alpha value is -3.93. The number of hydrogen-bond donors (Lipinski definition) is 0. The molecule has 1 unspecified atom stereocenters. The Morgan fingerprint density at radius 2 is 0.524 bits per heavy atom. The normalized spacial score (nSPS) is 12.8. The van der Waals surface area contributed by atoms with E-state index in [9.17, 15) is 14.4 Å². The van der Waals surface area contributed by atoms with E-state index in [1.54, 1.807) is 6.08 Å². The molecule has 0 rings (SSSR count). The summed E-state index contributed by atoms with van der Waals surface area (Å²) >= 11 is 0. The summed E-state index contributed by atoms with van der Waals surface area (Å²) in [4.78, 5) is 38.3. The fraction of sp³-hybridized carbons (Fsp3) is 0.724. The van der Waals surface area contributed by atoms with Gasteiger partial charge in [0.1, 0.15) is 13.2 Å². The number of esters is 3. The molecule has 0 saturated heterocycles. The van der Waals surface area contributed by atoms with Crippen molar-refractivity contribution in [3.8, 4) is 0 Å². The van der Waals surface area contributed by atoms with Crippen molar-refractivity contribution in [1.82, 2.24) is 0 Å². The summed E-state index contributed by atoms with van der Waals surface area (Å²) in [6.45, 7) is 6.34. The van der Waals surface area contributed by atoms with Gasteiger partial charge in [0.15, 0.2) is 6.10 Å². The van der Waals surface area contributed by atoms with Gasteiger partial charge in [-0.05, 0) is 83.5 Å². The van der Waals surface area contributed by atoms with Crippen molar-refractivity contribution in [2.75, 3.05) is 13.2 Å². The number of allylic oxidation sites excluding steroid dienone is 17. The maximum atomic E-state index is 12.9. The van der Waals surface area contributed by atoms with Crippen LogP contribution in [0.1, 0.15) is 335 Å². The molecule has 0 saturated carbocycles. The lowest BCUT2D eigenvalue weighted by atomic mass is 10.0. The molecular weight excluding hydrogens is 1010 g/mol. The summed E-state index contributed by atoms with van der Waals surface area (Å²) in [7, 11) is 0. The minimum Gasteiger partial charge on any atom is -0.462 e. The number of ether oxygens (including phenoxy) is 3. The summed E-state index contributed by atoms with van der Waals surface area (Å²) in [5.41, 5.74) is 0. The minimum atomic E-state index is -0.833. The van der Waals surface area contributed by atoms with Crippen molar-refractivity contribution in [1.29, 1.82) is 0 Å². The van der Waals surface area contributed by atoms with E-state index in [1.165, 1.54) is 186 Å². The molecule has 0 aliphatic rings. The van der Waals surface area contributed by atoms with E-state index in [-0.39, 0.29) is 38.0 Å². The Labute approximate surface area is 508 Å². The Kier molecular flexibility index (Phi) is 66.2. The molecule has 470 valence electrons. The van der Waals surface area contributed by atoms with Gasteiger partial charge >= 0.3 is 17.9 Å². The van der Waals surface area contributed by atoms with Gasteiger partial charge in [-0.15, -0.1) is 0 Å². The van der Waals surface area contributed by atoms with Crippen LogP contribution in [0.2, 0.25) is 0 Å². The van der Waals surface area contributed by atoms with E-state index in [0.717, 1.165) is 109 Å². The third kappa shape index (κ3) is 66.9. The van der Waals surface area contributed by atoms with Gasteiger partial charge in [0.25, 0.3) is 0 Å². The van der Waals surface area contributed by atoms with Crippen molar-refractivity contribution >= 4 is 17.9 Å². The largest absolute Gasteiger partial charge is 0.462 e. The van der Waals surface area contributed by atoms with Crippen LogP contribution in [-0.2, 0) is 28.6 Å². The molecule has 0 aromatic heterocycles. The molecule has 1 atom stereocenters. The Balaban J connectivity index is 4.25. The first kappa shape index (κ1) is 78.1. The average Bonchev–Trinajstić information content (AvgIpc) is 3.48. The van der Waals surface area contributed by atoms with Crippen LogP contribution >= 0.6 is 0 Å². The highest BCUT2D eigenvalue weighted by Gasteiger charge is 2.19. The molecule has 0 aliphatic carbocycles. The van der Waals surface area contributed by atoms with Crippen LogP contribution in [0.25, 0.3) is 0 Å². The van der Waals surface area contributed by atoms with Gasteiger partial charge in [-0.3, -0.25) is 14.4 Å². The molecule has 0 aromatic rings.